The van der Waals surface area contributed by atoms with Gasteiger partial charge in [0.25, 0.3) is 0 Å². The van der Waals surface area contributed by atoms with Crippen LogP contribution in [0, 0.1) is 0 Å². The number of benzene rings is 1. The predicted molar refractivity (Wildman–Crippen MR) is 55.2 cm³/mol. The minimum absolute atomic E-state index is 0.625. The van der Waals surface area contributed by atoms with Crippen molar-refractivity contribution in [2.24, 2.45) is 0 Å². The van der Waals surface area contributed by atoms with Crippen molar-refractivity contribution in [1.82, 2.24) is 4.98 Å². The molecule has 72 valence electrons. The van der Waals surface area contributed by atoms with Crippen LogP contribution in [0.15, 0.2) is 35.2 Å². The predicted octanol–water partition coefficient (Wildman–Crippen LogP) is 2.94. The van der Waals surface area contributed by atoms with Crippen molar-refractivity contribution >= 4 is 11.3 Å². The highest BCUT2D eigenvalue weighted by atomic mass is 32.1. The minimum Gasteiger partial charge on any atom is -0.497 e. The quantitative estimate of drug-likeness (QED) is 0.775. The van der Waals surface area contributed by atoms with Gasteiger partial charge in [-0.2, -0.15) is 0 Å². The average Bonchev–Trinajstić information content (AvgIpc) is 2.72. The summed E-state index contributed by atoms with van der Waals surface area (Å²) in [6, 6.07) is 7.39. The largest absolute Gasteiger partial charge is 0.497 e. The molecule has 2 rings (SSSR count). The third kappa shape index (κ3) is 2.03. The molecule has 3 nitrogen and oxygen atoms in total. The van der Waals surface area contributed by atoms with Crippen LogP contribution < -0.4 is 9.47 Å². The Kier molecular flexibility index (Phi) is 2.65. The molecular formula is C10H9NO2S. The summed E-state index contributed by atoms with van der Waals surface area (Å²) in [5.74, 6) is 2.20. The smallest absolute Gasteiger partial charge is 0.230 e. The van der Waals surface area contributed by atoms with Crippen molar-refractivity contribution in [1.29, 1.82) is 0 Å². The maximum absolute atomic E-state index is 5.46. The number of thiazole rings is 1. The first-order valence-electron chi connectivity index (χ1n) is 4.08. The maximum atomic E-state index is 5.46. The zero-order valence-electron chi connectivity index (χ0n) is 7.64. The Morgan fingerprint density at radius 2 is 1.86 bits per heavy atom. The van der Waals surface area contributed by atoms with Crippen LogP contribution >= 0.6 is 11.3 Å². The highest BCUT2D eigenvalue weighted by Gasteiger charge is 1.98. The van der Waals surface area contributed by atoms with Gasteiger partial charge in [-0.25, -0.2) is 4.98 Å². The molecular weight excluding hydrogens is 198 g/mol. The number of rotatable bonds is 3. The van der Waals surface area contributed by atoms with E-state index in [1.54, 1.807) is 12.6 Å². The minimum atomic E-state index is 0.625. The Balaban J connectivity index is 2.10. The molecule has 14 heavy (non-hydrogen) atoms. The van der Waals surface area contributed by atoms with Crippen LogP contribution in [0.2, 0.25) is 0 Å². The zero-order valence-corrected chi connectivity index (χ0v) is 8.45. The van der Waals surface area contributed by atoms with Gasteiger partial charge in [0, 0.05) is 0 Å². The first kappa shape index (κ1) is 9.02. The van der Waals surface area contributed by atoms with E-state index in [1.807, 2.05) is 29.6 Å². The molecule has 0 bridgehead atoms. The molecule has 0 amide bonds. The van der Waals surface area contributed by atoms with Crippen molar-refractivity contribution in [2.45, 2.75) is 0 Å². The molecule has 0 saturated carbocycles. The molecule has 1 aromatic heterocycles. The van der Waals surface area contributed by atoms with Crippen LogP contribution in [0.5, 0.6) is 17.4 Å². The van der Waals surface area contributed by atoms with Gasteiger partial charge in [0.2, 0.25) is 5.88 Å². The Morgan fingerprint density at radius 1 is 1.14 bits per heavy atom. The second-order valence-electron chi connectivity index (χ2n) is 2.60. The third-order valence-electron chi connectivity index (χ3n) is 1.69. The van der Waals surface area contributed by atoms with Gasteiger partial charge in [-0.1, -0.05) is 0 Å². The Morgan fingerprint density at radius 3 is 2.43 bits per heavy atom. The summed E-state index contributed by atoms with van der Waals surface area (Å²) in [5, 5.41) is 1.85. The summed E-state index contributed by atoms with van der Waals surface area (Å²) < 4.78 is 10.5. The third-order valence-corrected chi connectivity index (χ3v) is 2.26. The molecule has 0 aliphatic carbocycles. The molecule has 0 saturated heterocycles. The second-order valence-corrected chi connectivity index (χ2v) is 3.32. The molecule has 0 unspecified atom stereocenters. The highest BCUT2D eigenvalue weighted by molar-refractivity contribution is 7.07. The topological polar surface area (TPSA) is 31.4 Å². The molecule has 0 atom stereocenters. The lowest BCUT2D eigenvalue weighted by Crippen LogP contribution is -1.85. The van der Waals surface area contributed by atoms with E-state index in [-0.39, 0.29) is 0 Å². The van der Waals surface area contributed by atoms with E-state index in [0.717, 1.165) is 11.5 Å². The van der Waals surface area contributed by atoms with Crippen LogP contribution in [-0.4, -0.2) is 12.1 Å². The zero-order chi connectivity index (χ0) is 9.80. The van der Waals surface area contributed by atoms with E-state index in [2.05, 4.69) is 4.98 Å². The molecule has 0 N–H and O–H groups in total. The van der Waals surface area contributed by atoms with E-state index in [9.17, 15) is 0 Å². The van der Waals surface area contributed by atoms with Crippen molar-refractivity contribution in [3.63, 3.8) is 0 Å². The van der Waals surface area contributed by atoms with E-state index in [1.165, 1.54) is 11.3 Å². The fourth-order valence-electron chi connectivity index (χ4n) is 1.02. The summed E-state index contributed by atoms with van der Waals surface area (Å²) in [6.45, 7) is 0. The number of aromatic nitrogens is 1. The standard InChI is InChI=1S/C10H9NO2S/c1-12-8-2-4-9(5-3-8)13-10-6-14-7-11-10/h2-7H,1H3. The number of methoxy groups -OCH3 is 1. The highest BCUT2D eigenvalue weighted by Crippen LogP contribution is 2.23. The molecule has 4 heteroatoms. The van der Waals surface area contributed by atoms with Crippen LogP contribution in [0.4, 0.5) is 0 Å². The molecule has 1 aromatic carbocycles. The Hall–Kier alpha value is -1.55. The van der Waals surface area contributed by atoms with Gasteiger partial charge in [0.1, 0.15) is 11.5 Å². The first-order valence-corrected chi connectivity index (χ1v) is 5.03. The monoisotopic (exact) mass is 207 g/mol. The molecule has 0 aliphatic heterocycles. The van der Waals surface area contributed by atoms with Crippen molar-refractivity contribution in [3.8, 4) is 17.4 Å². The molecule has 0 radical (unpaired) electrons. The lowest BCUT2D eigenvalue weighted by atomic mass is 10.3. The van der Waals surface area contributed by atoms with Crippen molar-refractivity contribution in [2.75, 3.05) is 7.11 Å². The SMILES string of the molecule is COc1ccc(Oc2cscn2)cc1. The summed E-state index contributed by atoms with van der Waals surface area (Å²) in [5.41, 5.74) is 1.73. The molecule has 0 spiro atoms. The number of hydrogen-bond donors (Lipinski definition) is 0. The van der Waals surface area contributed by atoms with E-state index in [0.29, 0.717) is 5.88 Å². The number of nitrogens with zero attached hydrogens (tertiary/aromatic N) is 1. The summed E-state index contributed by atoms with van der Waals surface area (Å²) >= 11 is 1.51. The van der Waals surface area contributed by atoms with Gasteiger partial charge in [0.05, 0.1) is 18.0 Å². The van der Waals surface area contributed by atoms with Gasteiger partial charge in [-0.15, -0.1) is 11.3 Å². The number of ether oxygens (including phenoxy) is 2. The Labute approximate surface area is 85.9 Å². The Bertz CT molecular complexity index is 383. The van der Waals surface area contributed by atoms with E-state index >= 15 is 0 Å². The normalized spacial score (nSPS) is 9.79. The van der Waals surface area contributed by atoms with Crippen molar-refractivity contribution in [3.05, 3.63) is 35.2 Å². The second kappa shape index (κ2) is 4.11. The summed E-state index contributed by atoms with van der Waals surface area (Å²) in [7, 11) is 1.64. The lowest BCUT2D eigenvalue weighted by molar-refractivity contribution is 0.412. The van der Waals surface area contributed by atoms with E-state index in [4.69, 9.17) is 9.47 Å². The van der Waals surface area contributed by atoms with Crippen LogP contribution in [0.1, 0.15) is 0 Å². The van der Waals surface area contributed by atoms with Gasteiger partial charge in [-0.3, -0.25) is 0 Å². The van der Waals surface area contributed by atoms with Gasteiger partial charge in [0.15, 0.2) is 0 Å². The van der Waals surface area contributed by atoms with Gasteiger partial charge >= 0.3 is 0 Å². The maximum Gasteiger partial charge on any atom is 0.230 e. The fourth-order valence-corrected chi connectivity index (χ4v) is 1.47. The molecule has 0 aliphatic rings. The lowest BCUT2D eigenvalue weighted by Gasteiger charge is -2.02. The van der Waals surface area contributed by atoms with Crippen LogP contribution in [0.25, 0.3) is 0 Å². The molecule has 2 aromatic rings. The fraction of sp³-hybridized carbons (Fsp3) is 0.100. The van der Waals surface area contributed by atoms with Gasteiger partial charge in [-0.05, 0) is 24.3 Å². The molecule has 0 fully saturated rings. The first-order chi connectivity index (χ1) is 6.88. The van der Waals surface area contributed by atoms with Crippen LogP contribution in [-0.2, 0) is 0 Å². The summed E-state index contributed by atoms with van der Waals surface area (Å²) in [4.78, 5) is 4.02. The van der Waals surface area contributed by atoms with Crippen molar-refractivity contribution < 1.29 is 9.47 Å². The van der Waals surface area contributed by atoms with Crippen LogP contribution in [0.3, 0.4) is 0 Å². The average molecular weight is 207 g/mol. The molecule has 1 heterocycles. The number of hydrogen-bond acceptors (Lipinski definition) is 4. The summed E-state index contributed by atoms with van der Waals surface area (Å²) in [6.07, 6.45) is 0. The van der Waals surface area contributed by atoms with E-state index < -0.39 is 0 Å². The van der Waals surface area contributed by atoms with Gasteiger partial charge < -0.3 is 9.47 Å².